The summed E-state index contributed by atoms with van der Waals surface area (Å²) in [5, 5.41) is 10.7. The first-order chi connectivity index (χ1) is 9.70. The van der Waals surface area contributed by atoms with Crippen molar-refractivity contribution in [1.29, 1.82) is 0 Å². The van der Waals surface area contributed by atoms with E-state index in [1.54, 1.807) is 0 Å². The fraction of sp³-hybridized carbons (Fsp3) is 1.00. The van der Waals surface area contributed by atoms with Gasteiger partial charge in [0.15, 0.2) is 0 Å². The molecule has 0 saturated heterocycles. The first-order valence-corrected chi connectivity index (χ1v) is 9.14. The standard InChI is InChI=1S/C18H37NO/c1-4-16(3)19(5-2)17-14-12-10-8-6-7-9-11-13-15-18(17)20/h16-18,20H,4-15H2,1-3H3. The van der Waals surface area contributed by atoms with E-state index >= 15 is 0 Å². The Morgan fingerprint density at radius 3 is 1.90 bits per heavy atom. The van der Waals surface area contributed by atoms with Crippen molar-refractivity contribution in [1.82, 2.24) is 4.90 Å². The van der Waals surface area contributed by atoms with Crippen LogP contribution in [0.15, 0.2) is 0 Å². The topological polar surface area (TPSA) is 23.5 Å². The van der Waals surface area contributed by atoms with Crippen LogP contribution in [0.3, 0.4) is 0 Å². The van der Waals surface area contributed by atoms with Gasteiger partial charge in [0.1, 0.15) is 0 Å². The van der Waals surface area contributed by atoms with Crippen molar-refractivity contribution in [2.24, 2.45) is 0 Å². The first-order valence-electron chi connectivity index (χ1n) is 9.14. The van der Waals surface area contributed by atoms with Crippen LogP contribution in [0.25, 0.3) is 0 Å². The number of hydrogen-bond acceptors (Lipinski definition) is 2. The number of likely N-dealkylation sites (N-methyl/N-ethyl adjacent to an activating group) is 1. The minimum absolute atomic E-state index is 0.122. The minimum atomic E-state index is -0.122. The average molecular weight is 283 g/mol. The van der Waals surface area contributed by atoms with E-state index in [1.165, 1.54) is 64.2 Å². The molecule has 1 aliphatic rings. The maximum absolute atomic E-state index is 10.7. The predicted molar refractivity (Wildman–Crippen MR) is 88.1 cm³/mol. The molecule has 1 saturated carbocycles. The van der Waals surface area contributed by atoms with Crippen LogP contribution in [-0.4, -0.2) is 34.7 Å². The summed E-state index contributed by atoms with van der Waals surface area (Å²) in [6, 6.07) is 0.974. The van der Waals surface area contributed by atoms with Gasteiger partial charge in [0.05, 0.1) is 6.10 Å². The molecule has 120 valence electrons. The van der Waals surface area contributed by atoms with Gasteiger partial charge in [-0.3, -0.25) is 4.90 Å². The molecule has 0 aliphatic heterocycles. The van der Waals surface area contributed by atoms with Gasteiger partial charge in [-0.2, -0.15) is 0 Å². The zero-order valence-corrected chi connectivity index (χ0v) is 14.1. The van der Waals surface area contributed by atoms with Crippen LogP contribution in [0.1, 0.15) is 91.4 Å². The molecule has 20 heavy (non-hydrogen) atoms. The fourth-order valence-corrected chi connectivity index (χ4v) is 3.65. The second-order valence-corrected chi connectivity index (χ2v) is 6.63. The third-order valence-corrected chi connectivity index (χ3v) is 5.14. The van der Waals surface area contributed by atoms with Gasteiger partial charge in [-0.25, -0.2) is 0 Å². The zero-order valence-electron chi connectivity index (χ0n) is 14.1. The Morgan fingerprint density at radius 2 is 1.40 bits per heavy atom. The molecule has 0 bridgehead atoms. The summed E-state index contributed by atoms with van der Waals surface area (Å²) < 4.78 is 0. The molecule has 0 aromatic rings. The van der Waals surface area contributed by atoms with E-state index in [1.807, 2.05) is 0 Å². The van der Waals surface area contributed by atoms with E-state index in [-0.39, 0.29) is 6.10 Å². The van der Waals surface area contributed by atoms with Gasteiger partial charge in [-0.1, -0.05) is 65.2 Å². The fourth-order valence-electron chi connectivity index (χ4n) is 3.65. The quantitative estimate of drug-likeness (QED) is 0.804. The average Bonchev–Trinajstić information content (AvgIpc) is 2.45. The highest BCUT2D eigenvalue weighted by Gasteiger charge is 2.27. The lowest BCUT2D eigenvalue weighted by Crippen LogP contribution is -2.48. The molecule has 0 radical (unpaired) electrons. The molecule has 0 amide bonds. The maximum atomic E-state index is 10.7. The van der Waals surface area contributed by atoms with Crippen LogP contribution < -0.4 is 0 Å². The molecule has 0 spiro atoms. The number of rotatable bonds is 4. The normalized spacial score (nSPS) is 28.6. The molecule has 3 atom stereocenters. The van der Waals surface area contributed by atoms with Gasteiger partial charge in [0.2, 0.25) is 0 Å². The SMILES string of the molecule is CCC(C)N(CC)C1CCCCCCCCCCC1O. The Balaban J connectivity index is 2.63. The first kappa shape index (κ1) is 18.0. The van der Waals surface area contributed by atoms with Crippen molar-refractivity contribution in [3.63, 3.8) is 0 Å². The maximum Gasteiger partial charge on any atom is 0.0695 e. The monoisotopic (exact) mass is 283 g/mol. The molecule has 1 N–H and O–H groups in total. The lowest BCUT2D eigenvalue weighted by Gasteiger charge is -2.38. The second-order valence-electron chi connectivity index (χ2n) is 6.63. The van der Waals surface area contributed by atoms with Gasteiger partial charge in [-0.05, 0) is 32.7 Å². The van der Waals surface area contributed by atoms with Gasteiger partial charge in [0, 0.05) is 12.1 Å². The molecule has 2 nitrogen and oxygen atoms in total. The molecular formula is C18H37NO. The molecule has 0 aromatic carbocycles. The van der Waals surface area contributed by atoms with Crippen LogP contribution in [0, 0.1) is 0 Å². The largest absolute Gasteiger partial charge is 0.391 e. The summed E-state index contributed by atoms with van der Waals surface area (Å²) in [4.78, 5) is 2.55. The van der Waals surface area contributed by atoms with Crippen LogP contribution in [0.5, 0.6) is 0 Å². The molecule has 0 heterocycles. The van der Waals surface area contributed by atoms with Gasteiger partial charge in [-0.15, -0.1) is 0 Å². The zero-order chi connectivity index (χ0) is 14.8. The number of aliphatic hydroxyl groups excluding tert-OH is 1. The Morgan fingerprint density at radius 1 is 0.900 bits per heavy atom. The molecule has 0 aromatic heterocycles. The van der Waals surface area contributed by atoms with E-state index in [9.17, 15) is 5.11 Å². The van der Waals surface area contributed by atoms with Gasteiger partial charge in [0.25, 0.3) is 0 Å². The molecule has 1 fully saturated rings. The van der Waals surface area contributed by atoms with Crippen LogP contribution in [0.2, 0.25) is 0 Å². The number of hydrogen-bond donors (Lipinski definition) is 1. The third kappa shape index (κ3) is 6.13. The summed E-state index contributed by atoms with van der Waals surface area (Å²) in [6.45, 7) is 7.88. The van der Waals surface area contributed by atoms with Gasteiger partial charge < -0.3 is 5.11 Å². The number of aliphatic hydroxyl groups is 1. The van der Waals surface area contributed by atoms with Crippen molar-refractivity contribution in [2.45, 2.75) is 110 Å². The Bertz CT molecular complexity index is 231. The second kappa shape index (κ2) is 10.6. The summed E-state index contributed by atoms with van der Waals surface area (Å²) in [6.07, 6.45) is 13.9. The minimum Gasteiger partial charge on any atom is -0.391 e. The van der Waals surface area contributed by atoms with E-state index in [0.717, 1.165) is 13.0 Å². The van der Waals surface area contributed by atoms with Crippen molar-refractivity contribution in [2.75, 3.05) is 6.54 Å². The van der Waals surface area contributed by atoms with Crippen molar-refractivity contribution in [3.8, 4) is 0 Å². The Hall–Kier alpha value is -0.0800. The molecular weight excluding hydrogens is 246 g/mol. The highest BCUT2D eigenvalue weighted by Crippen LogP contribution is 2.23. The Kier molecular flexibility index (Phi) is 9.54. The predicted octanol–water partition coefficient (Wildman–Crippen LogP) is 4.75. The summed E-state index contributed by atoms with van der Waals surface area (Å²) in [5.41, 5.74) is 0. The molecule has 1 aliphatic carbocycles. The number of nitrogens with zero attached hydrogens (tertiary/aromatic N) is 1. The van der Waals surface area contributed by atoms with E-state index in [4.69, 9.17) is 0 Å². The summed E-state index contributed by atoms with van der Waals surface area (Å²) in [7, 11) is 0. The van der Waals surface area contributed by atoms with Crippen molar-refractivity contribution in [3.05, 3.63) is 0 Å². The summed E-state index contributed by atoms with van der Waals surface area (Å²) >= 11 is 0. The Labute approximate surface area is 126 Å². The van der Waals surface area contributed by atoms with Crippen LogP contribution >= 0.6 is 0 Å². The third-order valence-electron chi connectivity index (χ3n) is 5.14. The smallest absolute Gasteiger partial charge is 0.0695 e. The van der Waals surface area contributed by atoms with Gasteiger partial charge >= 0.3 is 0 Å². The molecule has 3 unspecified atom stereocenters. The lowest BCUT2D eigenvalue weighted by atomic mass is 9.93. The van der Waals surface area contributed by atoms with Crippen LogP contribution in [0.4, 0.5) is 0 Å². The van der Waals surface area contributed by atoms with Crippen molar-refractivity contribution < 1.29 is 5.11 Å². The highest BCUT2D eigenvalue weighted by molar-refractivity contribution is 4.82. The molecule has 2 heteroatoms. The summed E-state index contributed by atoms with van der Waals surface area (Å²) in [5.74, 6) is 0. The van der Waals surface area contributed by atoms with E-state index in [0.29, 0.717) is 12.1 Å². The van der Waals surface area contributed by atoms with E-state index in [2.05, 4.69) is 25.7 Å². The molecule has 1 rings (SSSR count). The van der Waals surface area contributed by atoms with Crippen molar-refractivity contribution >= 4 is 0 Å². The van der Waals surface area contributed by atoms with E-state index < -0.39 is 0 Å². The lowest BCUT2D eigenvalue weighted by molar-refractivity contribution is 0.0176. The van der Waals surface area contributed by atoms with Crippen LogP contribution in [-0.2, 0) is 0 Å². The highest BCUT2D eigenvalue weighted by atomic mass is 16.3.